The third-order valence-electron chi connectivity index (χ3n) is 2.74. The molecule has 7 heteroatoms. The van der Waals surface area contributed by atoms with Gasteiger partial charge < -0.3 is 4.74 Å². The Bertz CT molecular complexity index is 695. The molecule has 0 atom stereocenters. The molecule has 1 heterocycles. The Morgan fingerprint density at radius 1 is 1.24 bits per heavy atom. The van der Waals surface area contributed by atoms with Crippen LogP contribution in [0.15, 0.2) is 16.6 Å². The van der Waals surface area contributed by atoms with E-state index < -0.39 is 11.6 Å². The molecule has 1 aromatic carbocycles. The maximum Gasteiger partial charge on any atom is 0.227 e. The molecule has 0 N–H and O–H groups in total. The highest BCUT2D eigenvalue weighted by Crippen LogP contribution is 2.32. The quantitative estimate of drug-likeness (QED) is 0.531. The largest absolute Gasteiger partial charge is 0.435 e. The molecule has 0 spiro atoms. The molecule has 1 aromatic heterocycles. The predicted octanol–water partition coefficient (Wildman–Crippen LogP) is 5.39. The lowest BCUT2D eigenvalue weighted by Gasteiger charge is -2.12. The van der Waals surface area contributed by atoms with Crippen LogP contribution in [0.25, 0.3) is 0 Å². The highest BCUT2D eigenvalue weighted by Gasteiger charge is 2.17. The van der Waals surface area contributed by atoms with Crippen molar-refractivity contribution >= 4 is 27.5 Å². The van der Waals surface area contributed by atoms with Gasteiger partial charge in [0.15, 0.2) is 11.6 Å². The third-order valence-corrected chi connectivity index (χ3v) is 3.57. The molecule has 0 amide bonds. The van der Waals surface area contributed by atoms with Crippen LogP contribution in [0.5, 0.6) is 11.6 Å². The SMILES string of the molecule is Cc1c(Cl)nc(C(C)C)nc1Oc1cc(Br)cc(F)c1F. The Balaban J connectivity index is 2.49. The molecule has 0 aliphatic heterocycles. The minimum atomic E-state index is -1.08. The summed E-state index contributed by atoms with van der Waals surface area (Å²) >= 11 is 9.11. The Kier molecular flexibility index (Phi) is 4.78. The zero-order valence-corrected chi connectivity index (χ0v) is 13.9. The summed E-state index contributed by atoms with van der Waals surface area (Å²) < 4.78 is 32.9. The van der Waals surface area contributed by atoms with E-state index >= 15 is 0 Å². The first-order chi connectivity index (χ1) is 9.79. The highest BCUT2D eigenvalue weighted by molar-refractivity contribution is 9.10. The standard InChI is InChI=1S/C14H12BrClF2N2O/c1-6(2)13-19-12(16)7(3)14(20-13)21-10-5-8(15)4-9(17)11(10)18/h4-6H,1-3H3. The van der Waals surface area contributed by atoms with Gasteiger partial charge in [-0.05, 0) is 19.1 Å². The predicted molar refractivity (Wildman–Crippen MR) is 80.0 cm³/mol. The second-order valence-electron chi connectivity index (χ2n) is 4.76. The van der Waals surface area contributed by atoms with Crippen molar-refractivity contribution in [2.24, 2.45) is 0 Å². The summed E-state index contributed by atoms with van der Waals surface area (Å²) in [7, 11) is 0. The number of hydrogen-bond acceptors (Lipinski definition) is 3. The topological polar surface area (TPSA) is 35.0 Å². The van der Waals surface area contributed by atoms with Gasteiger partial charge >= 0.3 is 0 Å². The van der Waals surface area contributed by atoms with E-state index in [-0.39, 0.29) is 22.7 Å². The Hall–Kier alpha value is -1.27. The van der Waals surface area contributed by atoms with Crippen molar-refractivity contribution in [3.05, 3.63) is 44.8 Å². The van der Waals surface area contributed by atoms with E-state index in [2.05, 4.69) is 25.9 Å². The number of nitrogens with zero attached hydrogens (tertiary/aromatic N) is 2. The molecule has 0 aliphatic carbocycles. The summed E-state index contributed by atoms with van der Waals surface area (Å²) in [6.07, 6.45) is 0. The molecule has 0 radical (unpaired) electrons. The lowest BCUT2D eigenvalue weighted by Crippen LogP contribution is -2.03. The van der Waals surface area contributed by atoms with E-state index in [1.165, 1.54) is 6.07 Å². The van der Waals surface area contributed by atoms with Gasteiger partial charge in [0.2, 0.25) is 11.7 Å². The molecule has 0 aliphatic rings. The number of halogens is 4. The van der Waals surface area contributed by atoms with Crippen molar-refractivity contribution in [3.8, 4) is 11.6 Å². The zero-order chi connectivity index (χ0) is 15.7. The fraction of sp³-hybridized carbons (Fsp3) is 0.286. The van der Waals surface area contributed by atoms with Crippen LogP contribution in [0.1, 0.15) is 31.2 Å². The lowest BCUT2D eigenvalue weighted by atomic mass is 10.2. The molecule has 21 heavy (non-hydrogen) atoms. The molecular formula is C14H12BrClF2N2O. The highest BCUT2D eigenvalue weighted by atomic mass is 79.9. The van der Waals surface area contributed by atoms with Crippen LogP contribution in [0.4, 0.5) is 8.78 Å². The zero-order valence-electron chi connectivity index (χ0n) is 11.5. The van der Waals surface area contributed by atoms with Gasteiger partial charge in [0, 0.05) is 16.0 Å². The van der Waals surface area contributed by atoms with Gasteiger partial charge in [-0.3, -0.25) is 0 Å². The number of aromatic nitrogens is 2. The van der Waals surface area contributed by atoms with Crippen LogP contribution in [0, 0.1) is 18.6 Å². The van der Waals surface area contributed by atoms with E-state index in [0.717, 1.165) is 6.07 Å². The van der Waals surface area contributed by atoms with Gasteiger partial charge in [0.1, 0.15) is 11.0 Å². The molecule has 0 fully saturated rings. The van der Waals surface area contributed by atoms with Crippen molar-refractivity contribution in [1.82, 2.24) is 9.97 Å². The molecule has 0 bridgehead atoms. The van der Waals surface area contributed by atoms with Crippen molar-refractivity contribution in [1.29, 1.82) is 0 Å². The Morgan fingerprint density at radius 2 is 1.90 bits per heavy atom. The summed E-state index contributed by atoms with van der Waals surface area (Å²) in [5.41, 5.74) is 0.459. The normalized spacial score (nSPS) is 11.0. The Morgan fingerprint density at radius 3 is 2.52 bits per heavy atom. The number of hydrogen-bond donors (Lipinski definition) is 0. The molecule has 2 rings (SSSR count). The molecule has 112 valence electrons. The van der Waals surface area contributed by atoms with Crippen LogP contribution in [-0.2, 0) is 0 Å². The van der Waals surface area contributed by atoms with Crippen LogP contribution in [0.3, 0.4) is 0 Å². The van der Waals surface area contributed by atoms with Gasteiger partial charge in [-0.2, -0.15) is 9.37 Å². The summed E-state index contributed by atoms with van der Waals surface area (Å²) in [5.74, 6) is -1.77. The molecule has 0 saturated carbocycles. The maximum absolute atomic E-state index is 13.8. The summed E-state index contributed by atoms with van der Waals surface area (Å²) in [4.78, 5) is 8.34. The average Bonchev–Trinajstić information content (AvgIpc) is 2.40. The molecule has 0 saturated heterocycles. The van der Waals surface area contributed by atoms with Crippen LogP contribution >= 0.6 is 27.5 Å². The van der Waals surface area contributed by atoms with E-state index in [0.29, 0.717) is 15.9 Å². The fourth-order valence-electron chi connectivity index (χ4n) is 1.55. The van der Waals surface area contributed by atoms with Gasteiger partial charge in [-0.25, -0.2) is 9.37 Å². The average molecular weight is 378 g/mol. The van der Waals surface area contributed by atoms with Gasteiger partial charge in [-0.15, -0.1) is 0 Å². The second kappa shape index (κ2) is 6.23. The van der Waals surface area contributed by atoms with Crippen molar-refractivity contribution in [2.45, 2.75) is 26.7 Å². The van der Waals surface area contributed by atoms with E-state index in [9.17, 15) is 8.78 Å². The van der Waals surface area contributed by atoms with Gasteiger partial charge in [0.25, 0.3) is 0 Å². The minimum Gasteiger partial charge on any atom is -0.435 e. The first-order valence-electron chi connectivity index (χ1n) is 6.16. The number of ether oxygens (including phenoxy) is 1. The van der Waals surface area contributed by atoms with E-state index in [1.54, 1.807) is 6.92 Å². The molecular weight excluding hydrogens is 366 g/mol. The van der Waals surface area contributed by atoms with Crippen LogP contribution in [-0.4, -0.2) is 9.97 Å². The summed E-state index contributed by atoms with van der Waals surface area (Å²) in [5, 5.41) is 0.222. The van der Waals surface area contributed by atoms with Crippen molar-refractivity contribution < 1.29 is 13.5 Å². The van der Waals surface area contributed by atoms with E-state index in [1.807, 2.05) is 13.8 Å². The monoisotopic (exact) mass is 376 g/mol. The molecule has 0 unspecified atom stereocenters. The maximum atomic E-state index is 13.8. The number of rotatable bonds is 3. The first-order valence-corrected chi connectivity index (χ1v) is 7.33. The van der Waals surface area contributed by atoms with Gasteiger partial charge in [-0.1, -0.05) is 41.4 Å². The smallest absolute Gasteiger partial charge is 0.227 e. The van der Waals surface area contributed by atoms with Crippen molar-refractivity contribution in [2.75, 3.05) is 0 Å². The Labute approximate surface area is 134 Å². The second-order valence-corrected chi connectivity index (χ2v) is 6.03. The number of benzene rings is 1. The summed E-state index contributed by atoms with van der Waals surface area (Å²) in [6.45, 7) is 5.43. The minimum absolute atomic E-state index is 0.0227. The van der Waals surface area contributed by atoms with Gasteiger partial charge in [0.05, 0.1) is 0 Å². The third kappa shape index (κ3) is 3.49. The lowest BCUT2D eigenvalue weighted by molar-refractivity contribution is 0.399. The van der Waals surface area contributed by atoms with Crippen LogP contribution in [0.2, 0.25) is 5.15 Å². The fourth-order valence-corrected chi connectivity index (χ4v) is 2.13. The molecule has 2 aromatic rings. The summed E-state index contributed by atoms with van der Waals surface area (Å²) in [6, 6.07) is 2.34. The van der Waals surface area contributed by atoms with E-state index in [4.69, 9.17) is 16.3 Å². The van der Waals surface area contributed by atoms with Crippen molar-refractivity contribution in [3.63, 3.8) is 0 Å². The first kappa shape index (κ1) is 16.1. The molecule has 3 nitrogen and oxygen atoms in total. The van der Waals surface area contributed by atoms with Crippen LogP contribution < -0.4 is 4.74 Å².